The Morgan fingerprint density at radius 3 is 2.65 bits per heavy atom. The highest BCUT2D eigenvalue weighted by Crippen LogP contribution is 2.45. The van der Waals surface area contributed by atoms with Gasteiger partial charge in [0.25, 0.3) is 0 Å². The molecule has 3 heterocycles. The van der Waals surface area contributed by atoms with Crippen molar-refractivity contribution in [3.05, 3.63) is 99.6 Å². The van der Waals surface area contributed by atoms with E-state index in [1.165, 1.54) is 7.11 Å². The average molecular weight is 597 g/mol. The number of benzene rings is 2. The summed E-state index contributed by atoms with van der Waals surface area (Å²) in [6.45, 7) is 3.90. The third-order valence-electron chi connectivity index (χ3n) is 6.85. The Balaban J connectivity index is 1.63. The Hall–Kier alpha value is -3.63. The Labute approximate surface area is 247 Å². The molecule has 8 nitrogen and oxygen atoms in total. The number of phenolic OH excluding ortho intramolecular Hbond substituents is 1. The SMILES string of the molecule is COCC(=O)Nc1ccc(N2C(=S)N[C@H](c3ccccn3)[C@@H]2c2cc(C)n(-c3cc(Cl)ccc3O)c2C)cc1Cl. The van der Waals surface area contributed by atoms with E-state index in [9.17, 15) is 9.90 Å². The monoisotopic (exact) mass is 595 g/mol. The number of aromatic nitrogens is 2. The molecule has 0 spiro atoms. The molecule has 3 N–H and O–H groups in total. The van der Waals surface area contributed by atoms with Crippen LogP contribution in [0.3, 0.4) is 0 Å². The number of amides is 1. The van der Waals surface area contributed by atoms with Crippen molar-refractivity contribution in [2.24, 2.45) is 0 Å². The van der Waals surface area contributed by atoms with E-state index in [0.717, 1.165) is 28.3 Å². The van der Waals surface area contributed by atoms with Crippen LogP contribution in [0.4, 0.5) is 11.4 Å². The van der Waals surface area contributed by atoms with Crippen LogP contribution in [0.1, 0.15) is 34.7 Å². The Morgan fingerprint density at radius 1 is 1.15 bits per heavy atom. The van der Waals surface area contributed by atoms with E-state index >= 15 is 0 Å². The minimum Gasteiger partial charge on any atom is -0.506 e. The number of halogens is 2. The zero-order chi connectivity index (χ0) is 28.6. The summed E-state index contributed by atoms with van der Waals surface area (Å²) in [6, 6.07) is 17.6. The van der Waals surface area contributed by atoms with Crippen molar-refractivity contribution in [1.82, 2.24) is 14.9 Å². The van der Waals surface area contributed by atoms with Crippen molar-refractivity contribution in [3.63, 3.8) is 0 Å². The van der Waals surface area contributed by atoms with Crippen LogP contribution in [0.25, 0.3) is 5.69 Å². The molecule has 0 bridgehead atoms. The quantitative estimate of drug-likeness (QED) is 0.217. The summed E-state index contributed by atoms with van der Waals surface area (Å²) in [5.41, 5.74) is 5.42. The first kappa shape index (κ1) is 27.9. The number of aromatic hydroxyl groups is 1. The lowest BCUT2D eigenvalue weighted by molar-refractivity contribution is -0.119. The van der Waals surface area contributed by atoms with E-state index in [4.69, 9.17) is 40.2 Å². The molecule has 0 saturated carbocycles. The molecule has 2 aromatic heterocycles. The van der Waals surface area contributed by atoms with Crippen molar-refractivity contribution in [2.75, 3.05) is 23.9 Å². The first-order valence-corrected chi connectivity index (χ1v) is 13.6. The van der Waals surface area contributed by atoms with Crippen LogP contribution in [-0.2, 0) is 9.53 Å². The Bertz CT molecular complexity index is 1590. The molecule has 11 heteroatoms. The number of pyridine rings is 1. The lowest BCUT2D eigenvalue weighted by atomic mass is 9.96. The van der Waals surface area contributed by atoms with Crippen molar-refractivity contribution < 1.29 is 14.6 Å². The second kappa shape index (κ2) is 11.5. The lowest BCUT2D eigenvalue weighted by Gasteiger charge is -2.28. The van der Waals surface area contributed by atoms with Crippen LogP contribution in [0.2, 0.25) is 10.0 Å². The van der Waals surface area contributed by atoms with Gasteiger partial charge in [-0.2, -0.15) is 0 Å². The number of hydrogen-bond donors (Lipinski definition) is 3. The van der Waals surface area contributed by atoms with E-state index in [1.807, 2.05) is 47.6 Å². The standard InChI is InChI=1S/C29H27Cl2N5O3S/c1-16-12-20(17(2)35(16)24-13-18(30)7-10-25(24)37)28-27(23-6-4-5-11-32-23)34-29(40)36(28)19-8-9-22(21(31)14-19)33-26(38)15-39-3/h4-14,27-28,37H,15H2,1-3H3,(H,33,38)(H,34,40)/t27-,28+/m1/s1. The van der Waals surface area contributed by atoms with Gasteiger partial charge in [-0.1, -0.05) is 29.3 Å². The molecule has 2 atom stereocenters. The number of methoxy groups -OCH3 is 1. The number of anilines is 2. The number of ether oxygens (including phenoxy) is 1. The predicted octanol–water partition coefficient (Wildman–Crippen LogP) is 6.26. The second-order valence-electron chi connectivity index (χ2n) is 9.44. The number of carbonyl (C=O) groups excluding carboxylic acids is 1. The molecule has 0 unspecified atom stereocenters. The van der Waals surface area contributed by atoms with Crippen molar-refractivity contribution >= 4 is 57.8 Å². The predicted molar refractivity (Wildman–Crippen MR) is 162 cm³/mol. The van der Waals surface area contributed by atoms with E-state index in [1.54, 1.807) is 36.5 Å². The molecular formula is C29H27Cl2N5O3S. The van der Waals surface area contributed by atoms with E-state index in [2.05, 4.69) is 21.7 Å². The number of hydrogen-bond acceptors (Lipinski definition) is 5. The summed E-state index contributed by atoms with van der Waals surface area (Å²) in [5.74, 6) is -0.186. The van der Waals surface area contributed by atoms with Crippen LogP contribution < -0.4 is 15.5 Å². The van der Waals surface area contributed by atoms with Gasteiger partial charge in [0.15, 0.2) is 5.11 Å². The molecule has 2 aromatic carbocycles. The molecular weight excluding hydrogens is 569 g/mol. The van der Waals surface area contributed by atoms with Gasteiger partial charge >= 0.3 is 0 Å². The van der Waals surface area contributed by atoms with Gasteiger partial charge in [-0.15, -0.1) is 0 Å². The normalized spacial score (nSPS) is 16.7. The first-order chi connectivity index (χ1) is 19.2. The molecule has 1 aliphatic heterocycles. The Kier molecular flexibility index (Phi) is 8.00. The first-order valence-electron chi connectivity index (χ1n) is 12.5. The molecule has 0 radical (unpaired) electrons. The van der Waals surface area contributed by atoms with Crippen molar-refractivity contribution in [1.29, 1.82) is 0 Å². The van der Waals surface area contributed by atoms with Gasteiger partial charge < -0.3 is 29.9 Å². The van der Waals surface area contributed by atoms with Crippen LogP contribution in [-0.4, -0.2) is 39.4 Å². The summed E-state index contributed by atoms with van der Waals surface area (Å²) in [4.78, 5) is 18.7. The highest BCUT2D eigenvalue weighted by molar-refractivity contribution is 7.80. The molecule has 1 fully saturated rings. The van der Waals surface area contributed by atoms with Gasteiger partial charge in [0, 0.05) is 35.4 Å². The summed E-state index contributed by atoms with van der Waals surface area (Å²) in [6.07, 6.45) is 1.75. The Morgan fingerprint density at radius 2 is 1.95 bits per heavy atom. The lowest BCUT2D eigenvalue weighted by Crippen LogP contribution is -2.29. The van der Waals surface area contributed by atoms with Crippen LogP contribution in [0.5, 0.6) is 5.75 Å². The topological polar surface area (TPSA) is 91.7 Å². The second-order valence-corrected chi connectivity index (χ2v) is 10.7. The average Bonchev–Trinajstić information content (AvgIpc) is 3.42. The fraction of sp³-hybridized carbons (Fsp3) is 0.207. The third kappa shape index (κ3) is 5.25. The van der Waals surface area contributed by atoms with Gasteiger partial charge in [0.05, 0.1) is 34.2 Å². The molecule has 1 saturated heterocycles. The number of nitrogens with zero attached hydrogens (tertiary/aromatic N) is 3. The number of thiocarbonyl (C=S) groups is 1. The van der Waals surface area contributed by atoms with Crippen LogP contribution in [0, 0.1) is 13.8 Å². The molecule has 5 rings (SSSR count). The molecule has 206 valence electrons. The molecule has 40 heavy (non-hydrogen) atoms. The maximum atomic E-state index is 12.1. The maximum Gasteiger partial charge on any atom is 0.250 e. The number of carbonyl (C=O) groups is 1. The van der Waals surface area contributed by atoms with Gasteiger partial charge in [0.1, 0.15) is 12.4 Å². The van der Waals surface area contributed by atoms with E-state index in [-0.39, 0.29) is 30.3 Å². The largest absolute Gasteiger partial charge is 0.506 e. The molecule has 1 aliphatic rings. The van der Waals surface area contributed by atoms with Crippen LogP contribution in [0.15, 0.2) is 66.9 Å². The summed E-state index contributed by atoms with van der Waals surface area (Å²) in [5, 5.41) is 18.3. The minimum absolute atomic E-state index is 0.0795. The zero-order valence-electron chi connectivity index (χ0n) is 22.0. The molecule has 1 amide bonds. The number of phenols is 1. The number of aryl methyl sites for hydroxylation is 1. The van der Waals surface area contributed by atoms with E-state index < -0.39 is 0 Å². The fourth-order valence-corrected chi connectivity index (χ4v) is 5.89. The highest BCUT2D eigenvalue weighted by Gasteiger charge is 2.42. The van der Waals surface area contributed by atoms with Gasteiger partial charge in [0.2, 0.25) is 5.91 Å². The third-order valence-corrected chi connectivity index (χ3v) is 7.71. The zero-order valence-corrected chi connectivity index (χ0v) is 24.3. The number of nitrogens with one attached hydrogen (secondary N) is 2. The summed E-state index contributed by atoms with van der Waals surface area (Å²) < 4.78 is 6.88. The maximum absolute atomic E-state index is 12.1. The van der Waals surface area contributed by atoms with Crippen LogP contribution >= 0.6 is 35.4 Å². The molecule has 0 aliphatic carbocycles. The molecule has 4 aromatic rings. The van der Waals surface area contributed by atoms with Crippen molar-refractivity contribution in [2.45, 2.75) is 25.9 Å². The summed E-state index contributed by atoms with van der Waals surface area (Å²) in [7, 11) is 1.45. The summed E-state index contributed by atoms with van der Waals surface area (Å²) >= 11 is 18.8. The number of rotatable bonds is 7. The van der Waals surface area contributed by atoms with Gasteiger partial charge in [-0.3, -0.25) is 9.78 Å². The highest BCUT2D eigenvalue weighted by atomic mass is 35.5. The fourth-order valence-electron chi connectivity index (χ4n) is 5.16. The van der Waals surface area contributed by atoms with E-state index in [0.29, 0.717) is 26.5 Å². The van der Waals surface area contributed by atoms with Crippen molar-refractivity contribution in [3.8, 4) is 11.4 Å². The van der Waals surface area contributed by atoms with Gasteiger partial charge in [-0.25, -0.2) is 0 Å². The smallest absolute Gasteiger partial charge is 0.250 e. The van der Waals surface area contributed by atoms with Gasteiger partial charge in [-0.05, 0) is 86.2 Å². The minimum atomic E-state index is -0.311.